The van der Waals surface area contributed by atoms with E-state index in [9.17, 15) is 4.79 Å². The van der Waals surface area contributed by atoms with E-state index in [-0.39, 0.29) is 0 Å². The van der Waals surface area contributed by atoms with E-state index in [1.807, 2.05) is 19.1 Å². The third-order valence-electron chi connectivity index (χ3n) is 1.78. The van der Waals surface area contributed by atoms with Crippen LogP contribution in [0.2, 0.25) is 0 Å². The fourth-order valence-corrected chi connectivity index (χ4v) is 1.09. The fourth-order valence-electron chi connectivity index (χ4n) is 1.09. The normalized spacial score (nSPS) is 12.5. The summed E-state index contributed by atoms with van der Waals surface area (Å²) in [4.78, 5) is 14.7. The molecule has 4 N–H and O–H groups in total. The van der Waals surface area contributed by atoms with Gasteiger partial charge in [0.25, 0.3) is 0 Å². The Balaban J connectivity index is 2.69. The molecule has 1 amide bonds. The first kappa shape index (κ1) is 9.67. The van der Waals surface area contributed by atoms with Gasteiger partial charge in [0.05, 0.1) is 6.04 Å². The Bertz CT molecular complexity index is 311. The minimum Gasteiger partial charge on any atom is -0.368 e. The molecule has 1 atom stereocenters. The van der Waals surface area contributed by atoms with Gasteiger partial charge in [0.15, 0.2) is 0 Å². The molecular formula is C9H13N3O. The SMILES string of the molecule is Cc1cc(CC(N)C(N)=O)ccn1. The molecule has 4 heteroatoms. The lowest BCUT2D eigenvalue weighted by Gasteiger charge is -2.06. The molecule has 4 nitrogen and oxygen atoms in total. The van der Waals surface area contributed by atoms with Gasteiger partial charge in [-0.3, -0.25) is 9.78 Å². The summed E-state index contributed by atoms with van der Waals surface area (Å²) in [6.07, 6.45) is 2.16. The predicted molar refractivity (Wildman–Crippen MR) is 49.8 cm³/mol. The number of nitrogens with zero attached hydrogens (tertiary/aromatic N) is 1. The summed E-state index contributed by atoms with van der Waals surface area (Å²) < 4.78 is 0. The first-order valence-corrected chi connectivity index (χ1v) is 4.06. The van der Waals surface area contributed by atoms with Crippen molar-refractivity contribution in [3.63, 3.8) is 0 Å². The molecule has 13 heavy (non-hydrogen) atoms. The molecule has 1 rings (SSSR count). The van der Waals surface area contributed by atoms with Crippen LogP contribution in [0.3, 0.4) is 0 Å². The van der Waals surface area contributed by atoms with Crippen molar-refractivity contribution in [2.45, 2.75) is 19.4 Å². The summed E-state index contributed by atoms with van der Waals surface area (Å²) in [6, 6.07) is 3.11. The Morgan fingerprint density at radius 1 is 1.69 bits per heavy atom. The molecule has 0 aliphatic rings. The van der Waals surface area contributed by atoms with Crippen LogP contribution in [0.25, 0.3) is 0 Å². The Hall–Kier alpha value is -1.42. The monoisotopic (exact) mass is 179 g/mol. The molecule has 0 aromatic carbocycles. The Labute approximate surface area is 77.0 Å². The molecule has 0 fully saturated rings. The highest BCUT2D eigenvalue weighted by Crippen LogP contribution is 2.03. The van der Waals surface area contributed by atoms with Crippen LogP contribution >= 0.6 is 0 Å². The summed E-state index contributed by atoms with van der Waals surface area (Å²) in [7, 11) is 0. The van der Waals surface area contributed by atoms with Crippen LogP contribution in [0.1, 0.15) is 11.3 Å². The molecule has 0 radical (unpaired) electrons. The summed E-state index contributed by atoms with van der Waals surface area (Å²) in [5.74, 6) is -0.477. The van der Waals surface area contributed by atoms with Gasteiger partial charge >= 0.3 is 0 Å². The predicted octanol–water partition coefficient (Wildman–Crippen LogP) is -0.255. The minimum absolute atomic E-state index is 0.471. The first-order chi connectivity index (χ1) is 6.09. The van der Waals surface area contributed by atoms with E-state index < -0.39 is 11.9 Å². The second-order valence-electron chi connectivity index (χ2n) is 3.02. The van der Waals surface area contributed by atoms with Crippen molar-refractivity contribution in [3.8, 4) is 0 Å². The molecule has 1 unspecified atom stereocenters. The molecule has 0 saturated heterocycles. The van der Waals surface area contributed by atoms with Crippen molar-refractivity contribution in [1.29, 1.82) is 0 Å². The topological polar surface area (TPSA) is 82.0 Å². The summed E-state index contributed by atoms with van der Waals surface area (Å²) >= 11 is 0. The molecule has 0 aliphatic carbocycles. The molecule has 70 valence electrons. The lowest BCUT2D eigenvalue weighted by Crippen LogP contribution is -2.38. The largest absolute Gasteiger partial charge is 0.368 e. The molecule has 1 heterocycles. The Morgan fingerprint density at radius 2 is 2.38 bits per heavy atom. The van der Waals surface area contributed by atoms with E-state index in [1.54, 1.807) is 6.20 Å². The van der Waals surface area contributed by atoms with Gasteiger partial charge in [0, 0.05) is 11.9 Å². The third kappa shape index (κ3) is 2.83. The second-order valence-corrected chi connectivity index (χ2v) is 3.02. The highest BCUT2D eigenvalue weighted by Gasteiger charge is 2.09. The third-order valence-corrected chi connectivity index (χ3v) is 1.78. The zero-order valence-electron chi connectivity index (χ0n) is 7.53. The highest BCUT2D eigenvalue weighted by molar-refractivity contribution is 5.79. The molecule has 0 saturated carbocycles. The number of rotatable bonds is 3. The highest BCUT2D eigenvalue weighted by atomic mass is 16.1. The van der Waals surface area contributed by atoms with Crippen LogP contribution in [0.5, 0.6) is 0 Å². The van der Waals surface area contributed by atoms with Crippen molar-refractivity contribution in [2.75, 3.05) is 0 Å². The smallest absolute Gasteiger partial charge is 0.234 e. The van der Waals surface area contributed by atoms with Gasteiger partial charge in [-0.05, 0) is 31.0 Å². The minimum atomic E-state index is -0.609. The lowest BCUT2D eigenvalue weighted by molar-refractivity contribution is -0.119. The number of primary amides is 1. The van der Waals surface area contributed by atoms with Crippen molar-refractivity contribution >= 4 is 5.91 Å². The van der Waals surface area contributed by atoms with Crippen LogP contribution in [0.15, 0.2) is 18.3 Å². The fraction of sp³-hybridized carbons (Fsp3) is 0.333. The maximum Gasteiger partial charge on any atom is 0.234 e. The molecular weight excluding hydrogens is 166 g/mol. The quantitative estimate of drug-likeness (QED) is 0.671. The number of carbonyl (C=O) groups excluding carboxylic acids is 1. The van der Waals surface area contributed by atoms with Gasteiger partial charge in [-0.1, -0.05) is 0 Å². The van der Waals surface area contributed by atoms with E-state index in [4.69, 9.17) is 11.5 Å². The van der Waals surface area contributed by atoms with Crippen molar-refractivity contribution in [1.82, 2.24) is 4.98 Å². The van der Waals surface area contributed by atoms with E-state index in [1.165, 1.54) is 0 Å². The van der Waals surface area contributed by atoms with Gasteiger partial charge in [-0.25, -0.2) is 0 Å². The zero-order valence-corrected chi connectivity index (χ0v) is 7.53. The lowest BCUT2D eigenvalue weighted by atomic mass is 10.1. The maximum absolute atomic E-state index is 10.7. The van der Waals surface area contributed by atoms with E-state index >= 15 is 0 Å². The van der Waals surface area contributed by atoms with Gasteiger partial charge in [-0.15, -0.1) is 0 Å². The number of hydrogen-bond acceptors (Lipinski definition) is 3. The average Bonchev–Trinajstić information content (AvgIpc) is 2.04. The average molecular weight is 179 g/mol. The van der Waals surface area contributed by atoms with Gasteiger partial charge in [0.2, 0.25) is 5.91 Å². The van der Waals surface area contributed by atoms with E-state index in [0.29, 0.717) is 6.42 Å². The first-order valence-electron chi connectivity index (χ1n) is 4.06. The van der Waals surface area contributed by atoms with Gasteiger partial charge in [-0.2, -0.15) is 0 Å². The number of pyridine rings is 1. The van der Waals surface area contributed by atoms with Gasteiger partial charge in [0.1, 0.15) is 0 Å². The van der Waals surface area contributed by atoms with Crippen LogP contribution < -0.4 is 11.5 Å². The van der Waals surface area contributed by atoms with Crippen molar-refractivity contribution in [2.24, 2.45) is 11.5 Å². The number of amides is 1. The number of aromatic nitrogens is 1. The van der Waals surface area contributed by atoms with Crippen LogP contribution in [-0.2, 0) is 11.2 Å². The van der Waals surface area contributed by atoms with E-state index in [0.717, 1.165) is 11.3 Å². The Morgan fingerprint density at radius 3 is 2.92 bits per heavy atom. The number of hydrogen-bond donors (Lipinski definition) is 2. The van der Waals surface area contributed by atoms with Crippen LogP contribution in [-0.4, -0.2) is 16.9 Å². The van der Waals surface area contributed by atoms with E-state index in [2.05, 4.69) is 4.98 Å². The van der Waals surface area contributed by atoms with Gasteiger partial charge < -0.3 is 11.5 Å². The molecule has 1 aromatic heterocycles. The van der Waals surface area contributed by atoms with Crippen molar-refractivity contribution < 1.29 is 4.79 Å². The summed E-state index contributed by atoms with van der Waals surface area (Å²) in [6.45, 7) is 1.89. The standard InChI is InChI=1S/C9H13N3O/c1-6-4-7(2-3-12-6)5-8(10)9(11)13/h2-4,8H,5,10H2,1H3,(H2,11,13). The molecule has 1 aromatic rings. The van der Waals surface area contributed by atoms with Crippen molar-refractivity contribution in [3.05, 3.63) is 29.6 Å². The summed E-state index contributed by atoms with van der Waals surface area (Å²) in [5, 5.41) is 0. The molecule has 0 spiro atoms. The zero-order chi connectivity index (χ0) is 9.84. The van der Waals surface area contributed by atoms with Crippen LogP contribution in [0, 0.1) is 6.92 Å². The second kappa shape index (κ2) is 4.00. The summed E-state index contributed by atoms with van der Waals surface area (Å²) in [5.41, 5.74) is 12.4. The Kier molecular flexibility index (Phi) is 2.97. The van der Waals surface area contributed by atoms with Crippen LogP contribution in [0.4, 0.5) is 0 Å². The molecule has 0 aliphatic heterocycles. The maximum atomic E-state index is 10.7. The molecule has 0 bridgehead atoms. The number of carbonyl (C=O) groups is 1. The number of nitrogens with two attached hydrogens (primary N) is 2. The number of aryl methyl sites for hydroxylation is 1.